The molecule has 0 unspecified atom stereocenters. The van der Waals surface area contributed by atoms with Gasteiger partial charge in [0.25, 0.3) is 0 Å². The molecule has 148 valence electrons. The molecule has 2 heterocycles. The van der Waals surface area contributed by atoms with Gasteiger partial charge in [0.05, 0.1) is 24.7 Å². The monoisotopic (exact) mass is 383 g/mol. The highest BCUT2D eigenvalue weighted by Gasteiger charge is 2.31. The molecular formula is C21H26FN5O. The van der Waals surface area contributed by atoms with Gasteiger partial charge in [-0.3, -0.25) is 14.7 Å². The number of benzene rings is 1. The lowest BCUT2D eigenvalue weighted by atomic mass is 10.1. The number of halogens is 1. The lowest BCUT2D eigenvalue weighted by molar-refractivity contribution is 0.245. The summed E-state index contributed by atoms with van der Waals surface area (Å²) in [4.78, 5) is 2.45. The van der Waals surface area contributed by atoms with Gasteiger partial charge in [-0.2, -0.15) is 10.2 Å². The van der Waals surface area contributed by atoms with Gasteiger partial charge in [-0.15, -0.1) is 0 Å². The second kappa shape index (κ2) is 7.39. The number of nitrogens with one attached hydrogen (secondary N) is 1. The normalized spacial score (nSPS) is 14.1. The summed E-state index contributed by atoms with van der Waals surface area (Å²) in [7, 11) is 3.51. The number of aryl methyl sites for hydroxylation is 2. The predicted octanol–water partition coefficient (Wildman–Crippen LogP) is 3.74. The molecule has 1 fully saturated rings. The largest absolute Gasteiger partial charge is 0.497 e. The molecule has 1 aliphatic carbocycles. The predicted molar refractivity (Wildman–Crippen MR) is 105 cm³/mol. The van der Waals surface area contributed by atoms with Crippen LogP contribution in [0.25, 0.3) is 11.3 Å². The van der Waals surface area contributed by atoms with E-state index in [1.165, 1.54) is 37.3 Å². The third kappa shape index (κ3) is 3.54. The van der Waals surface area contributed by atoms with E-state index in [-0.39, 0.29) is 5.82 Å². The highest BCUT2D eigenvalue weighted by Crippen LogP contribution is 2.33. The van der Waals surface area contributed by atoms with Crippen molar-refractivity contribution in [3.8, 4) is 17.0 Å². The number of methoxy groups -OCH3 is 1. The zero-order valence-corrected chi connectivity index (χ0v) is 16.8. The first-order chi connectivity index (χ1) is 13.5. The Morgan fingerprint density at radius 2 is 2.07 bits per heavy atom. The van der Waals surface area contributed by atoms with Crippen LogP contribution >= 0.6 is 0 Å². The second-order valence-corrected chi connectivity index (χ2v) is 7.53. The van der Waals surface area contributed by atoms with Crippen LogP contribution in [0.3, 0.4) is 0 Å². The van der Waals surface area contributed by atoms with Crippen molar-refractivity contribution in [2.45, 2.75) is 45.8 Å². The topological polar surface area (TPSA) is 59.0 Å². The minimum Gasteiger partial charge on any atom is -0.497 e. The number of hydrogen-bond donors (Lipinski definition) is 1. The quantitative estimate of drug-likeness (QED) is 0.675. The summed E-state index contributed by atoms with van der Waals surface area (Å²) in [5, 5.41) is 11.7. The Kier molecular flexibility index (Phi) is 4.93. The van der Waals surface area contributed by atoms with Gasteiger partial charge in [0.15, 0.2) is 0 Å². The molecule has 6 nitrogen and oxygen atoms in total. The summed E-state index contributed by atoms with van der Waals surface area (Å²) in [5.41, 5.74) is 5.77. The fourth-order valence-corrected chi connectivity index (χ4v) is 3.71. The highest BCUT2D eigenvalue weighted by atomic mass is 19.1. The molecule has 1 aromatic carbocycles. The number of nitrogens with zero attached hydrogens (tertiary/aromatic N) is 4. The lowest BCUT2D eigenvalue weighted by Gasteiger charge is -2.22. The van der Waals surface area contributed by atoms with Crippen molar-refractivity contribution in [2.24, 2.45) is 7.05 Å². The van der Waals surface area contributed by atoms with Crippen LogP contribution in [0.2, 0.25) is 0 Å². The Bertz CT molecular complexity index is 989. The van der Waals surface area contributed by atoms with Gasteiger partial charge in [0, 0.05) is 54.6 Å². The van der Waals surface area contributed by atoms with Crippen LogP contribution < -0.4 is 4.74 Å². The number of ether oxygens (including phenoxy) is 1. The van der Waals surface area contributed by atoms with Crippen molar-refractivity contribution in [3.63, 3.8) is 0 Å². The minimum atomic E-state index is -0.318. The summed E-state index contributed by atoms with van der Waals surface area (Å²) < 4.78 is 21.6. The van der Waals surface area contributed by atoms with Gasteiger partial charge in [-0.25, -0.2) is 4.39 Å². The summed E-state index contributed by atoms with van der Waals surface area (Å²) in [5.74, 6) is 0.186. The molecule has 0 aliphatic heterocycles. The fraction of sp³-hybridized carbons (Fsp3) is 0.429. The molecule has 1 saturated carbocycles. The van der Waals surface area contributed by atoms with E-state index in [0.29, 0.717) is 17.4 Å². The average Bonchev–Trinajstić information content (AvgIpc) is 3.38. The smallest absolute Gasteiger partial charge is 0.136 e. The molecule has 0 amide bonds. The van der Waals surface area contributed by atoms with E-state index in [1.54, 1.807) is 18.3 Å². The zero-order valence-electron chi connectivity index (χ0n) is 16.8. The Hall–Kier alpha value is -2.67. The highest BCUT2D eigenvalue weighted by molar-refractivity contribution is 5.64. The molecule has 0 saturated heterocycles. The summed E-state index contributed by atoms with van der Waals surface area (Å²) in [6.45, 7) is 5.72. The summed E-state index contributed by atoms with van der Waals surface area (Å²) in [6.07, 6.45) is 4.20. The van der Waals surface area contributed by atoms with E-state index >= 15 is 0 Å². The maximum Gasteiger partial charge on any atom is 0.136 e. The van der Waals surface area contributed by atoms with Crippen LogP contribution in [0.4, 0.5) is 4.39 Å². The van der Waals surface area contributed by atoms with Crippen molar-refractivity contribution in [1.82, 2.24) is 24.9 Å². The van der Waals surface area contributed by atoms with Crippen molar-refractivity contribution in [2.75, 3.05) is 7.11 Å². The molecule has 0 radical (unpaired) electrons. The molecule has 0 spiro atoms. The Morgan fingerprint density at radius 1 is 1.29 bits per heavy atom. The van der Waals surface area contributed by atoms with Gasteiger partial charge < -0.3 is 4.74 Å². The van der Waals surface area contributed by atoms with Gasteiger partial charge >= 0.3 is 0 Å². The van der Waals surface area contributed by atoms with E-state index in [2.05, 4.69) is 34.0 Å². The van der Waals surface area contributed by atoms with Crippen LogP contribution in [0, 0.1) is 19.7 Å². The molecule has 4 rings (SSSR count). The molecule has 1 aliphatic rings. The molecule has 2 aromatic heterocycles. The maximum atomic E-state index is 14.6. The Morgan fingerprint density at radius 3 is 2.68 bits per heavy atom. The molecule has 3 aromatic rings. The molecule has 28 heavy (non-hydrogen) atoms. The fourth-order valence-electron chi connectivity index (χ4n) is 3.71. The molecule has 0 atom stereocenters. The van der Waals surface area contributed by atoms with E-state index in [4.69, 9.17) is 4.74 Å². The first-order valence-electron chi connectivity index (χ1n) is 9.57. The van der Waals surface area contributed by atoms with Crippen molar-refractivity contribution >= 4 is 0 Å². The van der Waals surface area contributed by atoms with Crippen LogP contribution in [0.5, 0.6) is 5.75 Å². The van der Waals surface area contributed by atoms with Crippen molar-refractivity contribution in [3.05, 3.63) is 52.7 Å². The standard InChI is InChI=1S/C21H26FN5O/c1-13-19(14(2)26(3)25-13)12-27(16-5-6-16)11-15-10-23-24-21(15)18-8-7-17(28-4)9-20(18)22/h7-10,16H,5-6,11-12H2,1-4H3,(H,23,24). The van der Waals surface area contributed by atoms with Crippen molar-refractivity contribution < 1.29 is 9.13 Å². The number of hydrogen-bond acceptors (Lipinski definition) is 4. The third-order valence-electron chi connectivity index (χ3n) is 5.62. The van der Waals surface area contributed by atoms with Gasteiger partial charge in [0.2, 0.25) is 0 Å². The average molecular weight is 383 g/mol. The number of H-pyrrole nitrogens is 1. The third-order valence-corrected chi connectivity index (χ3v) is 5.62. The van der Waals surface area contributed by atoms with Crippen LogP contribution in [0.15, 0.2) is 24.4 Å². The van der Waals surface area contributed by atoms with E-state index < -0.39 is 0 Å². The van der Waals surface area contributed by atoms with E-state index in [0.717, 1.165) is 30.0 Å². The zero-order chi connectivity index (χ0) is 19.8. The first-order valence-corrected chi connectivity index (χ1v) is 9.57. The minimum absolute atomic E-state index is 0.318. The number of aromatic nitrogens is 4. The molecule has 7 heteroatoms. The second-order valence-electron chi connectivity index (χ2n) is 7.53. The number of rotatable bonds is 7. The van der Waals surface area contributed by atoms with Gasteiger partial charge in [-0.05, 0) is 38.8 Å². The van der Waals surface area contributed by atoms with E-state index in [1.807, 2.05) is 11.7 Å². The summed E-state index contributed by atoms with van der Waals surface area (Å²) in [6, 6.07) is 5.47. The summed E-state index contributed by atoms with van der Waals surface area (Å²) >= 11 is 0. The Labute approximate surface area is 164 Å². The van der Waals surface area contributed by atoms with Gasteiger partial charge in [-0.1, -0.05) is 0 Å². The Balaban J connectivity index is 1.60. The lowest BCUT2D eigenvalue weighted by Crippen LogP contribution is -2.25. The van der Waals surface area contributed by atoms with E-state index in [9.17, 15) is 4.39 Å². The molecule has 0 bridgehead atoms. The van der Waals surface area contributed by atoms with Crippen molar-refractivity contribution in [1.29, 1.82) is 0 Å². The van der Waals surface area contributed by atoms with Crippen LogP contribution in [-0.4, -0.2) is 38.0 Å². The number of aromatic amines is 1. The SMILES string of the molecule is COc1ccc(-c2[nH]ncc2CN(Cc2c(C)nn(C)c2C)C2CC2)c(F)c1. The van der Waals surface area contributed by atoms with Gasteiger partial charge in [0.1, 0.15) is 11.6 Å². The molecular weight excluding hydrogens is 357 g/mol. The first kappa shape index (κ1) is 18.7. The van der Waals surface area contributed by atoms with Crippen LogP contribution in [0.1, 0.15) is 35.4 Å². The maximum absolute atomic E-state index is 14.6. The van der Waals surface area contributed by atoms with Crippen LogP contribution in [-0.2, 0) is 20.1 Å². The molecule has 1 N–H and O–H groups in total.